The van der Waals surface area contributed by atoms with Crippen LogP contribution in [0.1, 0.15) is 46.0 Å². The predicted molar refractivity (Wildman–Crippen MR) is 81.8 cm³/mol. The Morgan fingerprint density at radius 1 is 1.37 bits per heavy atom. The summed E-state index contributed by atoms with van der Waals surface area (Å²) in [5.74, 6) is 2.51. The van der Waals surface area contributed by atoms with Gasteiger partial charge in [0.2, 0.25) is 0 Å². The molecule has 2 heterocycles. The van der Waals surface area contributed by atoms with Gasteiger partial charge in [0.1, 0.15) is 0 Å². The van der Waals surface area contributed by atoms with Gasteiger partial charge < -0.3 is 9.84 Å². The number of hydrogen-bond donors (Lipinski definition) is 1. The van der Waals surface area contributed by atoms with Crippen molar-refractivity contribution in [1.82, 2.24) is 4.90 Å². The topological polar surface area (TPSA) is 32.7 Å². The first-order chi connectivity index (χ1) is 9.17. The molecule has 0 amide bonds. The number of thioether (sulfide) groups is 1. The lowest BCUT2D eigenvalue weighted by molar-refractivity contribution is -0.114. The fourth-order valence-electron chi connectivity index (χ4n) is 3.49. The molecule has 0 radical (unpaired) electrons. The molecule has 2 aliphatic rings. The second-order valence-electron chi connectivity index (χ2n) is 6.20. The minimum Gasteiger partial charge on any atom is -0.396 e. The lowest BCUT2D eigenvalue weighted by atomic mass is 9.84. The van der Waals surface area contributed by atoms with Crippen LogP contribution in [0.3, 0.4) is 0 Å². The van der Waals surface area contributed by atoms with Gasteiger partial charge in [-0.3, -0.25) is 4.90 Å². The highest BCUT2D eigenvalue weighted by Crippen LogP contribution is 2.39. The Labute approximate surface area is 122 Å². The Kier molecular flexibility index (Phi) is 6.00. The summed E-state index contributed by atoms with van der Waals surface area (Å²) in [5, 5.41) is 9.08. The molecule has 2 saturated heterocycles. The summed E-state index contributed by atoms with van der Waals surface area (Å²) in [5.41, 5.74) is 0.167. The zero-order valence-corrected chi connectivity index (χ0v) is 13.3. The SMILES string of the molecule is CC(C)N(CCCO)C1CCOC2(CCSCC2)C1. The van der Waals surface area contributed by atoms with Crippen LogP contribution in [-0.4, -0.2) is 59.0 Å². The van der Waals surface area contributed by atoms with Crippen molar-refractivity contribution in [2.75, 3.05) is 31.3 Å². The minimum atomic E-state index is 0.167. The lowest BCUT2D eigenvalue weighted by Gasteiger charge is -2.47. The molecule has 0 aromatic rings. The van der Waals surface area contributed by atoms with Crippen molar-refractivity contribution >= 4 is 11.8 Å². The van der Waals surface area contributed by atoms with Crippen LogP contribution >= 0.6 is 11.8 Å². The Morgan fingerprint density at radius 2 is 2.11 bits per heavy atom. The van der Waals surface area contributed by atoms with E-state index in [0.29, 0.717) is 18.7 Å². The van der Waals surface area contributed by atoms with Crippen LogP contribution in [0.2, 0.25) is 0 Å². The Hall–Kier alpha value is 0.230. The summed E-state index contributed by atoms with van der Waals surface area (Å²) in [6, 6.07) is 1.20. The number of rotatable bonds is 5. The fourth-order valence-corrected chi connectivity index (χ4v) is 4.73. The monoisotopic (exact) mass is 287 g/mol. The molecular weight excluding hydrogens is 258 g/mol. The van der Waals surface area contributed by atoms with Gasteiger partial charge >= 0.3 is 0 Å². The third-order valence-electron chi connectivity index (χ3n) is 4.58. The van der Waals surface area contributed by atoms with E-state index >= 15 is 0 Å². The van der Waals surface area contributed by atoms with Crippen LogP contribution in [0.5, 0.6) is 0 Å². The molecule has 1 atom stereocenters. The van der Waals surface area contributed by atoms with Crippen molar-refractivity contribution in [2.24, 2.45) is 0 Å². The van der Waals surface area contributed by atoms with Crippen LogP contribution < -0.4 is 0 Å². The van der Waals surface area contributed by atoms with E-state index in [1.165, 1.54) is 30.8 Å². The van der Waals surface area contributed by atoms with Gasteiger partial charge in [0.25, 0.3) is 0 Å². The van der Waals surface area contributed by atoms with Crippen LogP contribution in [0, 0.1) is 0 Å². The first-order valence-electron chi connectivity index (χ1n) is 7.75. The predicted octanol–water partition coefficient (Wildman–Crippen LogP) is 2.52. The summed E-state index contributed by atoms with van der Waals surface area (Å²) >= 11 is 2.07. The molecule has 0 saturated carbocycles. The zero-order valence-electron chi connectivity index (χ0n) is 12.4. The molecule has 2 rings (SSSR count). The van der Waals surface area contributed by atoms with Gasteiger partial charge in [-0.25, -0.2) is 0 Å². The molecule has 2 aliphatic heterocycles. The maximum Gasteiger partial charge on any atom is 0.0713 e. The average Bonchev–Trinajstić information content (AvgIpc) is 2.40. The van der Waals surface area contributed by atoms with Crippen LogP contribution in [-0.2, 0) is 4.74 Å². The van der Waals surface area contributed by atoms with E-state index in [2.05, 4.69) is 30.5 Å². The molecule has 0 aromatic carbocycles. The number of nitrogens with zero attached hydrogens (tertiary/aromatic N) is 1. The standard InChI is InChI=1S/C15H29NO2S/c1-13(2)16(7-3-8-17)14-4-9-18-15(12-14)5-10-19-11-6-15/h13-14,17H,3-12H2,1-2H3. The Balaban J connectivity index is 1.97. The number of hydrogen-bond acceptors (Lipinski definition) is 4. The first kappa shape index (κ1) is 15.6. The van der Waals surface area contributed by atoms with Gasteiger partial charge in [-0.1, -0.05) is 0 Å². The van der Waals surface area contributed by atoms with Crippen molar-refractivity contribution in [3.05, 3.63) is 0 Å². The van der Waals surface area contributed by atoms with E-state index in [9.17, 15) is 0 Å². The van der Waals surface area contributed by atoms with E-state index in [1.807, 2.05) is 0 Å². The second-order valence-corrected chi connectivity index (χ2v) is 7.42. The molecule has 0 bridgehead atoms. The summed E-state index contributed by atoms with van der Waals surface area (Å²) in [4.78, 5) is 2.59. The highest BCUT2D eigenvalue weighted by molar-refractivity contribution is 7.99. The average molecular weight is 287 g/mol. The van der Waals surface area contributed by atoms with Crippen LogP contribution in [0.4, 0.5) is 0 Å². The number of ether oxygens (including phenoxy) is 1. The highest BCUT2D eigenvalue weighted by atomic mass is 32.2. The Morgan fingerprint density at radius 3 is 2.74 bits per heavy atom. The van der Waals surface area contributed by atoms with E-state index in [0.717, 1.165) is 26.0 Å². The Bertz CT molecular complexity index is 261. The molecular formula is C15H29NO2S. The first-order valence-corrected chi connectivity index (χ1v) is 8.91. The van der Waals surface area contributed by atoms with E-state index in [-0.39, 0.29) is 5.60 Å². The lowest BCUT2D eigenvalue weighted by Crippen LogP contribution is -2.52. The van der Waals surface area contributed by atoms with Crippen LogP contribution in [0.25, 0.3) is 0 Å². The smallest absolute Gasteiger partial charge is 0.0713 e. The third-order valence-corrected chi connectivity index (χ3v) is 5.56. The van der Waals surface area contributed by atoms with Gasteiger partial charge in [0, 0.05) is 31.8 Å². The zero-order chi connectivity index (χ0) is 13.7. The normalized spacial score (nSPS) is 27.3. The van der Waals surface area contributed by atoms with E-state index in [4.69, 9.17) is 9.84 Å². The van der Waals surface area contributed by atoms with Gasteiger partial charge in [0.05, 0.1) is 5.60 Å². The number of aliphatic hydroxyl groups is 1. The molecule has 4 heteroatoms. The molecule has 1 unspecified atom stereocenters. The van der Waals surface area contributed by atoms with E-state index < -0.39 is 0 Å². The summed E-state index contributed by atoms with van der Waals surface area (Å²) in [6.45, 7) is 6.78. The summed E-state index contributed by atoms with van der Waals surface area (Å²) in [7, 11) is 0. The second kappa shape index (κ2) is 7.30. The largest absolute Gasteiger partial charge is 0.396 e. The van der Waals surface area contributed by atoms with Crippen molar-refractivity contribution in [3.63, 3.8) is 0 Å². The summed E-state index contributed by atoms with van der Waals surface area (Å²) < 4.78 is 6.18. The fraction of sp³-hybridized carbons (Fsp3) is 1.00. The molecule has 3 nitrogen and oxygen atoms in total. The van der Waals surface area contributed by atoms with Gasteiger partial charge in [-0.05, 0) is 57.5 Å². The molecule has 1 spiro atoms. The van der Waals surface area contributed by atoms with Gasteiger partial charge in [0.15, 0.2) is 0 Å². The van der Waals surface area contributed by atoms with Gasteiger partial charge in [-0.15, -0.1) is 0 Å². The third kappa shape index (κ3) is 4.10. The van der Waals surface area contributed by atoms with Crippen LogP contribution in [0.15, 0.2) is 0 Å². The molecule has 0 aliphatic carbocycles. The molecule has 112 valence electrons. The molecule has 1 N–H and O–H groups in total. The quantitative estimate of drug-likeness (QED) is 0.842. The maximum atomic E-state index is 9.08. The number of aliphatic hydroxyl groups excluding tert-OH is 1. The maximum absolute atomic E-state index is 9.08. The highest BCUT2D eigenvalue weighted by Gasteiger charge is 2.40. The van der Waals surface area contributed by atoms with E-state index in [1.54, 1.807) is 0 Å². The molecule has 19 heavy (non-hydrogen) atoms. The summed E-state index contributed by atoms with van der Waals surface area (Å²) in [6.07, 6.45) is 5.67. The van der Waals surface area contributed by atoms with Crippen molar-refractivity contribution in [2.45, 2.75) is 63.6 Å². The van der Waals surface area contributed by atoms with Crippen molar-refractivity contribution in [1.29, 1.82) is 0 Å². The van der Waals surface area contributed by atoms with Crippen molar-refractivity contribution in [3.8, 4) is 0 Å². The van der Waals surface area contributed by atoms with Crippen molar-refractivity contribution < 1.29 is 9.84 Å². The molecule has 0 aromatic heterocycles. The minimum absolute atomic E-state index is 0.167. The molecule has 2 fully saturated rings. The van der Waals surface area contributed by atoms with Gasteiger partial charge in [-0.2, -0.15) is 11.8 Å².